The summed E-state index contributed by atoms with van der Waals surface area (Å²) in [5, 5.41) is 1.35. The third kappa shape index (κ3) is 4.09. The molecular weight excluding hydrogens is 364 g/mol. The Bertz CT molecular complexity index is 903. The normalized spacial score (nSPS) is 17.8. The fourth-order valence-corrected chi connectivity index (χ4v) is 3.69. The number of hydrogen-bond donors (Lipinski definition) is 0. The molecule has 1 fully saturated rings. The van der Waals surface area contributed by atoms with Crippen LogP contribution in [0.2, 0.25) is 5.02 Å². The van der Waals surface area contributed by atoms with Crippen molar-refractivity contribution < 1.29 is 4.79 Å². The summed E-state index contributed by atoms with van der Waals surface area (Å²) in [4.78, 5) is 19.7. The monoisotopic (exact) mass is 382 g/mol. The zero-order valence-corrected chi connectivity index (χ0v) is 16.2. The van der Waals surface area contributed by atoms with Crippen LogP contribution >= 0.6 is 23.4 Å². The lowest BCUT2D eigenvalue weighted by atomic mass is 10.2. The summed E-state index contributed by atoms with van der Waals surface area (Å²) in [6.07, 6.45) is 5.72. The van der Waals surface area contributed by atoms with E-state index in [1.165, 1.54) is 11.8 Å². The summed E-state index contributed by atoms with van der Waals surface area (Å²) in [5.74, 6) is -0.0198. The molecule has 3 nitrogen and oxygen atoms in total. The molecule has 0 saturated carbocycles. The first-order valence-electron chi connectivity index (χ1n) is 8.37. The second kappa shape index (κ2) is 8.39. The van der Waals surface area contributed by atoms with Crippen LogP contribution in [0.1, 0.15) is 18.1 Å². The Hall–Kier alpha value is -2.30. The molecule has 0 atom stereocenters. The molecule has 3 rings (SSSR count). The summed E-state index contributed by atoms with van der Waals surface area (Å²) in [6.45, 7) is 4.45. The molecule has 5 heteroatoms. The Labute approximate surface area is 163 Å². The number of aliphatic imine (C=N–C) groups is 1. The predicted octanol–water partition coefficient (Wildman–Crippen LogP) is 5.83. The van der Waals surface area contributed by atoms with Crippen molar-refractivity contribution in [2.45, 2.75) is 13.8 Å². The molecule has 1 heterocycles. The average molecular weight is 383 g/mol. The minimum absolute atomic E-state index is 0.0198. The Balaban J connectivity index is 1.86. The maximum absolute atomic E-state index is 12.6. The minimum atomic E-state index is -0.0198. The van der Waals surface area contributed by atoms with E-state index < -0.39 is 0 Å². The van der Waals surface area contributed by atoms with Crippen molar-refractivity contribution in [3.63, 3.8) is 0 Å². The quantitative estimate of drug-likeness (QED) is 0.623. The molecule has 0 unspecified atom stereocenters. The van der Waals surface area contributed by atoms with E-state index in [0.29, 0.717) is 21.6 Å². The van der Waals surface area contributed by atoms with Gasteiger partial charge < -0.3 is 0 Å². The highest BCUT2D eigenvalue weighted by Crippen LogP contribution is 2.34. The lowest BCUT2D eigenvalue weighted by Gasteiger charge is -2.12. The molecule has 0 bridgehead atoms. The molecule has 2 aromatic rings. The fraction of sp³-hybridized carbons (Fsp3) is 0.143. The number of halogens is 1. The fourth-order valence-electron chi connectivity index (χ4n) is 2.52. The smallest absolute Gasteiger partial charge is 0.266 e. The average Bonchev–Trinajstić information content (AvgIpc) is 2.94. The van der Waals surface area contributed by atoms with Gasteiger partial charge in [0.1, 0.15) is 0 Å². The first-order chi connectivity index (χ1) is 12.6. The van der Waals surface area contributed by atoms with Crippen molar-refractivity contribution in [2.75, 3.05) is 6.54 Å². The molecule has 0 aromatic heterocycles. The molecule has 0 aliphatic carbocycles. The highest BCUT2D eigenvalue weighted by Gasteiger charge is 2.31. The summed E-state index contributed by atoms with van der Waals surface area (Å²) in [7, 11) is 0. The van der Waals surface area contributed by atoms with Crippen molar-refractivity contribution >= 4 is 46.2 Å². The van der Waals surface area contributed by atoms with Crippen LogP contribution in [0.3, 0.4) is 0 Å². The Kier molecular flexibility index (Phi) is 5.96. The van der Waals surface area contributed by atoms with Gasteiger partial charge in [-0.15, -0.1) is 0 Å². The molecule has 0 radical (unpaired) electrons. The third-order valence-electron chi connectivity index (χ3n) is 4.00. The Morgan fingerprint density at radius 3 is 2.65 bits per heavy atom. The number of carbonyl (C=O) groups is 1. The summed E-state index contributed by atoms with van der Waals surface area (Å²) >= 11 is 7.57. The van der Waals surface area contributed by atoms with E-state index in [4.69, 9.17) is 11.6 Å². The standard InChI is InChI=1S/C21H19ClN2OS/c1-3-24-20(25)19(14-7-11-16-9-5-4-6-10-16)26-21(24)23-18-13-8-12-17(22)15(18)2/h4-14H,3H2,1-2H3/b11-7-,19-14-,23-21?. The predicted molar refractivity (Wildman–Crippen MR) is 112 cm³/mol. The van der Waals surface area contributed by atoms with E-state index in [0.717, 1.165) is 16.8 Å². The van der Waals surface area contributed by atoms with Gasteiger partial charge in [0.2, 0.25) is 0 Å². The molecule has 26 heavy (non-hydrogen) atoms. The molecule has 0 spiro atoms. The van der Waals surface area contributed by atoms with Crippen LogP contribution < -0.4 is 0 Å². The Morgan fingerprint density at radius 2 is 1.92 bits per heavy atom. The number of amidine groups is 1. The first-order valence-corrected chi connectivity index (χ1v) is 9.56. The number of amides is 1. The molecule has 1 saturated heterocycles. The lowest BCUT2D eigenvalue weighted by molar-refractivity contribution is -0.122. The summed E-state index contributed by atoms with van der Waals surface area (Å²) in [6, 6.07) is 15.6. The van der Waals surface area contributed by atoms with Crippen molar-refractivity contribution in [1.29, 1.82) is 0 Å². The molecule has 1 aliphatic heterocycles. The van der Waals surface area contributed by atoms with Crippen LogP contribution in [0.25, 0.3) is 6.08 Å². The van der Waals surface area contributed by atoms with Gasteiger partial charge in [-0.3, -0.25) is 9.69 Å². The number of allylic oxidation sites excluding steroid dienone is 2. The number of hydrogen-bond acceptors (Lipinski definition) is 3. The summed E-state index contributed by atoms with van der Waals surface area (Å²) in [5.41, 5.74) is 2.79. The molecule has 1 amide bonds. The topological polar surface area (TPSA) is 32.7 Å². The van der Waals surface area contributed by atoms with Gasteiger partial charge in [0.05, 0.1) is 10.6 Å². The maximum Gasteiger partial charge on any atom is 0.266 e. The van der Waals surface area contributed by atoms with Gasteiger partial charge in [-0.25, -0.2) is 4.99 Å². The highest BCUT2D eigenvalue weighted by molar-refractivity contribution is 8.18. The van der Waals surface area contributed by atoms with Crippen LogP contribution in [0.5, 0.6) is 0 Å². The number of benzene rings is 2. The van der Waals surface area contributed by atoms with E-state index in [2.05, 4.69) is 4.99 Å². The van der Waals surface area contributed by atoms with Crippen molar-refractivity contribution in [3.05, 3.63) is 81.7 Å². The third-order valence-corrected chi connectivity index (χ3v) is 5.43. The molecule has 1 aliphatic rings. The highest BCUT2D eigenvalue weighted by atomic mass is 35.5. The van der Waals surface area contributed by atoms with E-state index >= 15 is 0 Å². The van der Waals surface area contributed by atoms with Gasteiger partial charge in [-0.2, -0.15) is 0 Å². The first kappa shape index (κ1) is 18.5. The number of carbonyl (C=O) groups excluding carboxylic acids is 1. The second-order valence-corrected chi connectivity index (χ2v) is 7.15. The SMILES string of the molecule is CCN1C(=O)/C(=C/C=C\c2ccccc2)SC1=Nc1cccc(Cl)c1C. The zero-order valence-electron chi connectivity index (χ0n) is 14.6. The van der Waals surface area contributed by atoms with E-state index in [1.54, 1.807) is 4.90 Å². The largest absolute Gasteiger partial charge is 0.287 e. The minimum Gasteiger partial charge on any atom is -0.287 e. The van der Waals surface area contributed by atoms with Gasteiger partial charge in [0, 0.05) is 11.6 Å². The van der Waals surface area contributed by atoms with Crippen LogP contribution in [0.4, 0.5) is 5.69 Å². The summed E-state index contributed by atoms with van der Waals surface area (Å²) < 4.78 is 0. The van der Waals surface area contributed by atoms with Gasteiger partial charge in [0.15, 0.2) is 5.17 Å². The van der Waals surface area contributed by atoms with E-state index in [-0.39, 0.29) is 5.91 Å². The molecule has 0 N–H and O–H groups in total. The van der Waals surface area contributed by atoms with Crippen LogP contribution in [0.15, 0.2) is 70.6 Å². The number of thioether (sulfide) groups is 1. The van der Waals surface area contributed by atoms with Crippen LogP contribution in [-0.4, -0.2) is 22.5 Å². The van der Waals surface area contributed by atoms with Gasteiger partial charge >= 0.3 is 0 Å². The van der Waals surface area contributed by atoms with Gasteiger partial charge in [0.25, 0.3) is 5.91 Å². The molecule has 132 valence electrons. The lowest BCUT2D eigenvalue weighted by Crippen LogP contribution is -2.28. The number of nitrogens with zero attached hydrogens (tertiary/aromatic N) is 2. The number of likely N-dealkylation sites (N-methyl/N-ethyl adjacent to an activating group) is 1. The van der Waals surface area contributed by atoms with Gasteiger partial charge in [-0.05, 0) is 54.9 Å². The van der Waals surface area contributed by atoms with Crippen LogP contribution in [-0.2, 0) is 4.79 Å². The van der Waals surface area contributed by atoms with Gasteiger partial charge in [-0.1, -0.05) is 60.2 Å². The van der Waals surface area contributed by atoms with E-state index in [1.807, 2.05) is 80.6 Å². The zero-order chi connectivity index (χ0) is 18.5. The molecule has 2 aromatic carbocycles. The second-order valence-electron chi connectivity index (χ2n) is 5.73. The van der Waals surface area contributed by atoms with Crippen molar-refractivity contribution in [1.82, 2.24) is 4.90 Å². The van der Waals surface area contributed by atoms with Crippen molar-refractivity contribution in [3.8, 4) is 0 Å². The van der Waals surface area contributed by atoms with E-state index in [9.17, 15) is 4.79 Å². The Morgan fingerprint density at radius 1 is 1.15 bits per heavy atom. The van der Waals surface area contributed by atoms with Crippen molar-refractivity contribution in [2.24, 2.45) is 4.99 Å². The molecular formula is C21H19ClN2OS. The number of rotatable bonds is 4. The maximum atomic E-state index is 12.6. The van der Waals surface area contributed by atoms with Crippen LogP contribution in [0, 0.1) is 6.92 Å².